The van der Waals surface area contributed by atoms with Crippen LogP contribution in [0.5, 0.6) is 0 Å². The maximum atomic E-state index is 2.33. The highest BCUT2D eigenvalue weighted by Gasteiger charge is 2.15. The third-order valence-corrected chi connectivity index (χ3v) is 10.1. The average Bonchev–Trinajstić information content (AvgIpc) is 3.22. The summed E-state index contributed by atoms with van der Waals surface area (Å²) in [6.45, 7) is 8.82. The summed E-state index contributed by atoms with van der Waals surface area (Å²) in [5.74, 6) is 0. The van der Waals surface area contributed by atoms with Crippen molar-refractivity contribution in [1.82, 2.24) is 0 Å². The Morgan fingerprint density at radius 1 is 0.333 bits per heavy atom. The van der Waals surface area contributed by atoms with E-state index in [-0.39, 0.29) is 0 Å². The molecule has 0 heterocycles. The van der Waals surface area contributed by atoms with Gasteiger partial charge in [0.15, 0.2) is 0 Å². The molecule has 0 fully saturated rings. The first-order chi connectivity index (χ1) is 26.5. The molecule has 7 aromatic carbocycles. The summed E-state index contributed by atoms with van der Waals surface area (Å²) in [5.41, 5.74) is 17.0. The van der Waals surface area contributed by atoms with Crippen molar-refractivity contribution in [1.29, 1.82) is 0 Å². The van der Waals surface area contributed by atoms with E-state index in [1.54, 1.807) is 0 Å². The monoisotopic (exact) mass is 700 g/mol. The second-order valence-corrected chi connectivity index (χ2v) is 13.8. The van der Waals surface area contributed by atoms with Crippen LogP contribution < -0.4 is 9.80 Å². The van der Waals surface area contributed by atoms with Crippen LogP contribution in [0.15, 0.2) is 170 Å². The zero-order valence-corrected chi connectivity index (χ0v) is 31.8. The van der Waals surface area contributed by atoms with Gasteiger partial charge in [0.1, 0.15) is 0 Å². The number of nitrogens with zero attached hydrogens (tertiary/aromatic N) is 2. The van der Waals surface area contributed by atoms with Gasteiger partial charge in [-0.15, -0.1) is 0 Å². The lowest BCUT2D eigenvalue weighted by atomic mass is 10.0. The number of aryl methyl sites for hydroxylation is 4. The fourth-order valence-corrected chi connectivity index (χ4v) is 7.02. The van der Waals surface area contributed by atoms with Crippen LogP contribution in [-0.4, -0.2) is 0 Å². The van der Waals surface area contributed by atoms with E-state index in [4.69, 9.17) is 0 Å². The second-order valence-electron chi connectivity index (χ2n) is 13.8. The highest BCUT2D eigenvalue weighted by molar-refractivity contribution is 5.81. The number of hydrogen-bond donors (Lipinski definition) is 0. The first-order valence-electron chi connectivity index (χ1n) is 19.0. The van der Waals surface area contributed by atoms with Gasteiger partial charge in [0, 0.05) is 34.1 Å². The molecule has 0 aliphatic carbocycles. The molecule has 7 aromatic rings. The predicted octanol–water partition coefficient (Wildman–Crippen LogP) is 14.7. The molecule has 2 heteroatoms. The van der Waals surface area contributed by atoms with Crippen molar-refractivity contribution in [3.05, 3.63) is 214 Å². The maximum absolute atomic E-state index is 2.33. The summed E-state index contributed by atoms with van der Waals surface area (Å²) >= 11 is 0. The second kappa shape index (κ2) is 17.0. The first-order valence-corrected chi connectivity index (χ1v) is 19.0. The number of anilines is 6. The standard InChI is InChI=1S/C52H48N2/c1-5-45-37-51(30-20-39(45)3)53(47-16-9-7-10-17-47)49-32-26-41(27-33-49)22-24-43-14-13-15-44(36-43)25-23-42-28-34-50(35-29-42)54(48-18-11-8-12-19-48)52-31-21-40(4)46(6-2)38-52/h7-38H,5-6H2,1-4H3. The molecule has 0 aliphatic heterocycles. The van der Waals surface area contributed by atoms with E-state index in [1.807, 2.05) is 0 Å². The number of hydrogen-bond acceptors (Lipinski definition) is 2. The first kappa shape index (κ1) is 36.0. The van der Waals surface area contributed by atoms with Gasteiger partial charge in [0.25, 0.3) is 0 Å². The molecule has 266 valence electrons. The molecule has 0 bridgehead atoms. The third kappa shape index (κ3) is 8.46. The molecular weight excluding hydrogens is 653 g/mol. The summed E-state index contributed by atoms with van der Waals surface area (Å²) in [4.78, 5) is 4.67. The van der Waals surface area contributed by atoms with Crippen LogP contribution in [-0.2, 0) is 12.8 Å². The Hall–Kier alpha value is -6.38. The van der Waals surface area contributed by atoms with Gasteiger partial charge >= 0.3 is 0 Å². The SMILES string of the molecule is CCc1cc(N(c2ccccc2)c2ccc(C=Cc3cccc(C=Cc4ccc(N(c5ccccc5)c5ccc(C)c(CC)c5)cc4)c3)cc2)ccc1C. The molecule has 0 aromatic heterocycles. The van der Waals surface area contributed by atoms with Gasteiger partial charge in [-0.2, -0.15) is 0 Å². The van der Waals surface area contributed by atoms with Gasteiger partial charge in [-0.1, -0.05) is 129 Å². The summed E-state index contributed by atoms with van der Waals surface area (Å²) in [7, 11) is 0. The van der Waals surface area contributed by atoms with Crippen molar-refractivity contribution in [3.8, 4) is 0 Å². The Morgan fingerprint density at radius 2 is 0.685 bits per heavy atom. The van der Waals surface area contributed by atoms with Crippen LogP contribution >= 0.6 is 0 Å². The third-order valence-electron chi connectivity index (χ3n) is 10.1. The van der Waals surface area contributed by atoms with Crippen molar-refractivity contribution in [2.45, 2.75) is 40.5 Å². The Bertz CT molecular complexity index is 2190. The van der Waals surface area contributed by atoms with E-state index < -0.39 is 0 Å². The smallest absolute Gasteiger partial charge is 0.0464 e. The Morgan fingerprint density at radius 3 is 1.07 bits per heavy atom. The Balaban J connectivity index is 1.06. The van der Waals surface area contributed by atoms with Gasteiger partial charge in [0.05, 0.1) is 0 Å². The van der Waals surface area contributed by atoms with E-state index in [0.717, 1.165) is 57.8 Å². The molecular formula is C52H48N2. The lowest BCUT2D eigenvalue weighted by Crippen LogP contribution is -2.10. The molecule has 0 N–H and O–H groups in total. The minimum Gasteiger partial charge on any atom is -0.310 e. The molecule has 54 heavy (non-hydrogen) atoms. The van der Waals surface area contributed by atoms with Crippen LogP contribution in [0, 0.1) is 13.8 Å². The molecule has 0 atom stereocenters. The van der Waals surface area contributed by atoms with Crippen molar-refractivity contribution in [3.63, 3.8) is 0 Å². The minimum absolute atomic E-state index is 1.01. The topological polar surface area (TPSA) is 6.48 Å². The van der Waals surface area contributed by atoms with E-state index in [2.05, 4.69) is 232 Å². The van der Waals surface area contributed by atoms with Crippen molar-refractivity contribution >= 4 is 58.4 Å². The van der Waals surface area contributed by atoms with Crippen LogP contribution in [0.25, 0.3) is 24.3 Å². The van der Waals surface area contributed by atoms with E-state index in [1.165, 1.54) is 33.6 Å². The molecule has 0 unspecified atom stereocenters. The highest BCUT2D eigenvalue weighted by Crippen LogP contribution is 2.37. The van der Waals surface area contributed by atoms with Crippen LogP contribution in [0.4, 0.5) is 34.1 Å². The van der Waals surface area contributed by atoms with E-state index in [0.29, 0.717) is 0 Å². The predicted molar refractivity (Wildman–Crippen MR) is 235 cm³/mol. The van der Waals surface area contributed by atoms with Gasteiger partial charge < -0.3 is 9.80 Å². The fourth-order valence-electron chi connectivity index (χ4n) is 7.02. The van der Waals surface area contributed by atoms with Crippen molar-refractivity contribution < 1.29 is 0 Å². The number of para-hydroxylation sites is 2. The number of benzene rings is 7. The maximum Gasteiger partial charge on any atom is 0.0464 e. The molecule has 0 aliphatic rings. The quantitative estimate of drug-likeness (QED) is 0.117. The van der Waals surface area contributed by atoms with E-state index in [9.17, 15) is 0 Å². The lowest BCUT2D eigenvalue weighted by molar-refractivity contribution is 1.10. The summed E-state index contributed by atoms with van der Waals surface area (Å²) in [6, 6.07) is 61.1. The van der Waals surface area contributed by atoms with Crippen LogP contribution in [0.3, 0.4) is 0 Å². The average molecular weight is 701 g/mol. The molecule has 0 saturated carbocycles. The lowest BCUT2D eigenvalue weighted by Gasteiger charge is -2.26. The molecule has 0 amide bonds. The largest absolute Gasteiger partial charge is 0.310 e. The Kier molecular flexibility index (Phi) is 11.3. The highest BCUT2D eigenvalue weighted by atomic mass is 15.1. The number of rotatable bonds is 12. The molecule has 0 radical (unpaired) electrons. The molecule has 2 nitrogen and oxygen atoms in total. The van der Waals surface area contributed by atoms with Crippen LogP contribution in [0.1, 0.15) is 58.4 Å². The van der Waals surface area contributed by atoms with Gasteiger partial charge in [-0.05, 0) is 150 Å². The normalized spacial score (nSPS) is 11.3. The van der Waals surface area contributed by atoms with Gasteiger partial charge in [-0.25, -0.2) is 0 Å². The van der Waals surface area contributed by atoms with Crippen molar-refractivity contribution in [2.24, 2.45) is 0 Å². The van der Waals surface area contributed by atoms with Gasteiger partial charge in [-0.3, -0.25) is 0 Å². The molecule has 7 rings (SSSR count). The molecule has 0 spiro atoms. The minimum atomic E-state index is 1.01. The summed E-state index contributed by atoms with van der Waals surface area (Å²) in [6.07, 6.45) is 10.8. The fraction of sp³-hybridized carbons (Fsp3) is 0.115. The summed E-state index contributed by atoms with van der Waals surface area (Å²) in [5, 5.41) is 0. The summed E-state index contributed by atoms with van der Waals surface area (Å²) < 4.78 is 0. The zero-order valence-electron chi connectivity index (χ0n) is 31.8. The Labute approximate surface area is 322 Å². The van der Waals surface area contributed by atoms with Gasteiger partial charge in [0.2, 0.25) is 0 Å². The zero-order chi connectivity index (χ0) is 37.3. The van der Waals surface area contributed by atoms with Crippen LogP contribution in [0.2, 0.25) is 0 Å². The van der Waals surface area contributed by atoms with Crippen molar-refractivity contribution in [2.75, 3.05) is 9.80 Å². The molecule has 0 saturated heterocycles. The van der Waals surface area contributed by atoms with E-state index >= 15 is 0 Å².